The molecule has 2 fully saturated rings. The fraction of sp³-hybridized carbons (Fsp3) is 0.455. The van der Waals surface area contributed by atoms with Crippen molar-refractivity contribution in [1.29, 1.82) is 0 Å². The quantitative estimate of drug-likeness (QED) is 0.611. The van der Waals surface area contributed by atoms with Crippen LogP contribution in [0.4, 0.5) is 13.2 Å². The van der Waals surface area contributed by atoms with E-state index in [1.807, 2.05) is 12.1 Å². The third-order valence-corrected chi connectivity index (χ3v) is 5.74. The van der Waals surface area contributed by atoms with Crippen molar-refractivity contribution in [3.63, 3.8) is 0 Å². The van der Waals surface area contributed by atoms with Crippen LogP contribution in [0, 0.1) is 29.3 Å². The largest absolute Gasteiger partial charge is 0.348 e. The van der Waals surface area contributed by atoms with E-state index in [1.165, 1.54) is 32.1 Å². The zero-order valence-corrected chi connectivity index (χ0v) is 15.1. The van der Waals surface area contributed by atoms with Gasteiger partial charge in [-0.25, -0.2) is 13.2 Å². The molecule has 1 saturated heterocycles. The molecule has 2 aliphatic rings. The lowest BCUT2D eigenvalue weighted by atomic mass is 9.80. The minimum Gasteiger partial charge on any atom is -0.348 e. The first-order valence-electron chi connectivity index (χ1n) is 9.60. The second kappa shape index (κ2) is 8.03. The first-order valence-corrected chi connectivity index (χ1v) is 9.60. The Labute approximate surface area is 157 Å². The summed E-state index contributed by atoms with van der Waals surface area (Å²) in [4.78, 5) is 0. The molecule has 0 atom stereocenters. The Hall–Kier alpha value is -1.85. The number of ether oxygens (including phenoxy) is 2. The molecule has 0 radical (unpaired) electrons. The van der Waals surface area contributed by atoms with Crippen LogP contribution in [0.1, 0.15) is 44.0 Å². The van der Waals surface area contributed by atoms with Crippen LogP contribution in [0.3, 0.4) is 0 Å². The van der Waals surface area contributed by atoms with Crippen LogP contribution in [0.2, 0.25) is 0 Å². The molecule has 5 heteroatoms. The lowest BCUT2D eigenvalue weighted by Gasteiger charge is -2.36. The molecule has 1 aliphatic heterocycles. The highest BCUT2D eigenvalue weighted by molar-refractivity contribution is 5.64. The maximum absolute atomic E-state index is 13.4. The highest BCUT2D eigenvalue weighted by Crippen LogP contribution is 2.35. The molecule has 2 nitrogen and oxygen atoms in total. The standard InChI is InChI=1S/C22H23F3O2/c23-19-10-17(11-20(24)21(19)25)15-6-8-16(9-7-15)22-26-12-18(13-27-22)14-4-2-1-3-5-14/h6-11,14,18,22H,1-5,12-13H2. The van der Waals surface area contributed by atoms with E-state index < -0.39 is 23.7 Å². The fourth-order valence-electron chi connectivity index (χ4n) is 4.14. The van der Waals surface area contributed by atoms with Crippen molar-refractivity contribution in [1.82, 2.24) is 0 Å². The Balaban J connectivity index is 1.41. The number of halogens is 3. The van der Waals surface area contributed by atoms with E-state index in [1.54, 1.807) is 12.1 Å². The summed E-state index contributed by atoms with van der Waals surface area (Å²) in [5.74, 6) is -2.67. The lowest BCUT2D eigenvalue weighted by Crippen LogP contribution is -2.33. The normalized spacial score (nSPS) is 24.1. The fourth-order valence-corrected chi connectivity index (χ4v) is 4.14. The average molecular weight is 376 g/mol. The van der Waals surface area contributed by atoms with Crippen LogP contribution < -0.4 is 0 Å². The van der Waals surface area contributed by atoms with Crippen LogP contribution in [0.5, 0.6) is 0 Å². The van der Waals surface area contributed by atoms with Crippen molar-refractivity contribution in [2.45, 2.75) is 38.4 Å². The Morgan fingerprint density at radius 3 is 1.89 bits per heavy atom. The molecule has 0 bridgehead atoms. The number of rotatable bonds is 3. The first-order chi connectivity index (χ1) is 13.1. The van der Waals surface area contributed by atoms with Gasteiger partial charge in [-0.2, -0.15) is 0 Å². The van der Waals surface area contributed by atoms with Crippen molar-refractivity contribution in [2.75, 3.05) is 13.2 Å². The monoisotopic (exact) mass is 376 g/mol. The maximum Gasteiger partial charge on any atom is 0.194 e. The number of benzene rings is 2. The summed E-state index contributed by atoms with van der Waals surface area (Å²) in [7, 11) is 0. The number of hydrogen-bond donors (Lipinski definition) is 0. The molecule has 0 unspecified atom stereocenters. The molecule has 1 heterocycles. The molecule has 0 amide bonds. The molecule has 1 aliphatic carbocycles. The molecule has 0 N–H and O–H groups in total. The smallest absolute Gasteiger partial charge is 0.194 e. The molecular formula is C22H23F3O2. The van der Waals surface area contributed by atoms with Crippen molar-refractivity contribution in [3.05, 3.63) is 59.4 Å². The van der Waals surface area contributed by atoms with Gasteiger partial charge in [0.25, 0.3) is 0 Å². The molecule has 0 spiro atoms. The summed E-state index contributed by atoms with van der Waals surface area (Å²) in [5.41, 5.74) is 1.76. The lowest BCUT2D eigenvalue weighted by molar-refractivity contribution is -0.214. The van der Waals surface area contributed by atoms with E-state index in [9.17, 15) is 13.2 Å². The van der Waals surface area contributed by atoms with Gasteiger partial charge >= 0.3 is 0 Å². The van der Waals surface area contributed by atoms with E-state index in [4.69, 9.17) is 9.47 Å². The summed E-state index contributed by atoms with van der Waals surface area (Å²) in [5, 5.41) is 0. The summed E-state index contributed by atoms with van der Waals surface area (Å²) in [6.45, 7) is 1.40. The van der Waals surface area contributed by atoms with E-state index in [-0.39, 0.29) is 0 Å². The predicted molar refractivity (Wildman–Crippen MR) is 96.5 cm³/mol. The molecule has 0 aromatic heterocycles. The van der Waals surface area contributed by atoms with Gasteiger partial charge in [0.1, 0.15) is 0 Å². The number of hydrogen-bond acceptors (Lipinski definition) is 2. The zero-order valence-electron chi connectivity index (χ0n) is 15.1. The Morgan fingerprint density at radius 1 is 0.704 bits per heavy atom. The minimum atomic E-state index is -1.45. The molecular weight excluding hydrogens is 353 g/mol. The molecule has 2 aromatic carbocycles. The van der Waals surface area contributed by atoms with E-state index in [0.29, 0.717) is 36.2 Å². The molecule has 4 rings (SSSR count). The van der Waals surface area contributed by atoms with Crippen molar-refractivity contribution >= 4 is 0 Å². The van der Waals surface area contributed by atoms with E-state index in [0.717, 1.165) is 17.7 Å². The summed E-state index contributed by atoms with van der Waals surface area (Å²) >= 11 is 0. The van der Waals surface area contributed by atoms with Crippen LogP contribution in [-0.4, -0.2) is 13.2 Å². The highest BCUT2D eigenvalue weighted by Gasteiger charge is 2.30. The summed E-state index contributed by atoms with van der Waals surface area (Å²) < 4.78 is 51.9. The van der Waals surface area contributed by atoms with Gasteiger partial charge < -0.3 is 9.47 Å². The van der Waals surface area contributed by atoms with Crippen LogP contribution >= 0.6 is 0 Å². The van der Waals surface area contributed by atoms with Crippen molar-refractivity contribution < 1.29 is 22.6 Å². The topological polar surface area (TPSA) is 18.5 Å². The van der Waals surface area contributed by atoms with Crippen LogP contribution in [0.25, 0.3) is 11.1 Å². The van der Waals surface area contributed by atoms with Gasteiger partial charge in [-0.15, -0.1) is 0 Å². The predicted octanol–water partition coefficient (Wildman–Crippen LogP) is 6.01. The van der Waals surface area contributed by atoms with Gasteiger partial charge in [-0.1, -0.05) is 56.4 Å². The highest BCUT2D eigenvalue weighted by atomic mass is 19.2. The van der Waals surface area contributed by atoms with Gasteiger partial charge in [-0.3, -0.25) is 0 Å². The molecule has 2 aromatic rings. The minimum absolute atomic E-state index is 0.292. The molecule has 27 heavy (non-hydrogen) atoms. The third-order valence-electron chi connectivity index (χ3n) is 5.74. The SMILES string of the molecule is Fc1cc(-c2ccc(C3OCC(C4CCCCC4)CO3)cc2)cc(F)c1F. The van der Waals surface area contributed by atoms with Gasteiger partial charge in [0.15, 0.2) is 23.7 Å². The summed E-state index contributed by atoms with van der Waals surface area (Å²) in [6, 6.07) is 9.11. The van der Waals surface area contributed by atoms with Crippen molar-refractivity contribution in [3.8, 4) is 11.1 Å². The summed E-state index contributed by atoms with van der Waals surface area (Å²) in [6.07, 6.45) is 6.05. The van der Waals surface area contributed by atoms with E-state index >= 15 is 0 Å². The van der Waals surface area contributed by atoms with Crippen LogP contribution in [0.15, 0.2) is 36.4 Å². The second-order valence-electron chi connectivity index (χ2n) is 7.53. The Morgan fingerprint density at radius 2 is 1.30 bits per heavy atom. The van der Waals surface area contributed by atoms with Gasteiger partial charge in [0.05, 0.1) is 13.2 Å². The van der Waals surface area contributed by atoms with E-state index in [2.05, 4.69) is 0 Å². The van der Waals surface area contributed by atoms with Gasteiger partial charge in [-0.05, 0) is 29.2 Å². The first kappa shape index (κ1) is 18.5. The Bertz CT molecular complexity index is 754. The van der Waals surface area contributed by atoms with Crippen LogP contribution in [-0.2, 0) is 9.47 Å². The zero-order chi connectivity index (χ0) is 18.8. The molecule has 144 valence electrons. The Kier molecular flexibility index (Phi) is 5.50. The third kappa shape index (κ3) is 4.04. The maximum atomic E-state index is 13.4. The van der Waals surface area contributed by atoms with Crippen molar-refractivity contribution in [2.24, 2.45) is 11.8 Å². The van der Waals surface area contributed by atoms with Gasteiger partial charge in [0, 0.05) is 11.5 Å². The average Bonchev–Trinajstić information content (AvgIpc) is 2.72. The van der Waals surface area contributed by atoms with Gasteiger partial charge in [0.2, 0.25) is 0 Å². The second-order valence-corrected chi connectivity index (χ2v) is 7.53. The molecule has 1 saturated carbocycles.